The van der Waals surface area contributed by atoms with Crippen LogP contribution >= 0.6 is 0 Å². The number of nitrogens with zero attached hydrogens (tertiary/aromatic N) is 1. The topological polar surface area (TPSA) is 29.5 Å². The van der Waals surface area contributed by atoms with E-state index in [4.69, 9.17) is 4.74 Å². The number of ketones is 1. The second kappa shape index (κ2) is 8.06. The molecule has 0 atom stereocenters. The minimum Gasteiger partial charge on any atom is -0.489 e. The summed E-state index contributed by atoms with van der Waals surface area (Å²) in [6, 6.07) is 16.0. The van der Waals surface area contributed by atoms with Gasteiger partial charge in [-0.3, -0.25) is 9.69 Å². The number of hydrogen-bond donors (Lipinski definition) is 0. The summed E-state index contributed by atoms with van der Waals surface area (Å²) in [6.45, 7) is 2.96. The quantitative estimate of drug-likeness (QED) is 0.756. The van der Waals surface area contributed by atoms with Crippen LogP contribution in [0.2, 0.25) is 0 Å². The fourth-order valence-corrected chi connectivity index (χ4v) is 3.10. The first-order chi connectivity index (χ1) is 11.7. The van der Waals surface area contributed by atoms with Crippen molar-refractivity contribution in [2.75, 3.05) is 26.2 Å². The zero-order valence-electron chi connectivity index (χ0n) is 13.7. The Morgan fingerprint density at radius 2 is 1.71 bits per heavy atom. The van der Waals surface area contributed by atoms with Crippen LogP contribution in [0.5, 0.6) is 5.75 Å². The predicted molar refractivity (Wildman–Crippen MR) is 91.8 cm³/mol. The van der Waals surface area contributed by atoms with Gasteiger partial charge >= 0.3 is 0 Å². The normalized spacial score (nSPS) is 16.0. The van der Waals surface area contributed by atoms with E-state index < -0.39 is 0 Å². The molecule has 0 radical (unpaired) electrons. The molecule has 1 heterocycles. The lowest BCUT2D eigenvalue weighted by atomic mass is 9.89. The fraction of sp³-hybridized carbons (Fsp3) is 0.350. The third kappa shape index (κ3) is 4.20. The Kier molecular flexibility index (Phi) is 5.59. The minimum absolute atomic E-state index is 0.108. The largest absolute Gasteiger partial charge is 0.489 e. The van der Waals surface area contributed by atoms with Crippen LogP contribution in [0.25, 0.3) is 0 Å². The van der Waals surface area contributed by atoms with Crippen LogP contribution in [0.15, 0.2) is 54.6 Å². The number of hydrogen-bond acceptors (Lipinski definition) is 3. The lowest BCUT2D eigenvalue weighted by molar-refractivity contribution is 0.0827. The fourth-order valence-electron chi connectivity index (χ4n) is 3.10. The molecule has 1 fully saturated rings. The summed E-state index contributed by atoms with van der Waals surface area (Å²) in [5.41, 5.74) is 0.804. The molecule has 3 nitrogen and oxygen atoms in total. The zero-order valence-corrected chi connectivity index (χ0v) is 13.7. The van der Waals surface area contributed by atoms with Gasteiger partial charge in [0, 0.05) is 18.0 Å². The average Bonchev–Trinajstić information content (AvgIpc) is 2.64. The van der Waals surface area contributed by atoms with Crippen molar-refractivity contribution in [1.82, 2.24) is 4.90 Å². The van der Waals surface area contributed by atoms with E-state index >= 15 is 0 Å². The summed E-state index contributed by atoms with van der Waals surface area (Å²) in [5.74, 6) is 0.324. The number of Topliss-reactive ketones (excluding diaryl/α,β-unsaturated/α-hetero) is 1. The molecule has 0 aromatic heterocycles. The van der Waals surface area contributed by atoms with Gasteiger partial charge in [-0.05, 0) is 38.1 Å². The van der Waals surface area contributed by atoms with Gasteiger partial charge in [-0.15, -0.1) is 0 Å². The molecule has 3 rings (SSSR count). The van der Waals surface area contributed by atoms with Crippen molar-refractivity contribution in [1.29, 1.82) is 0 Å². The Bertz CT molecular complexity index is 666. The Morgan fingerprint density at radius 1 is 1.04 bits per heavy atom. The van der Waals surface area contributed by atoms with Crippen molar-refractivity contribution in [2.24, 2.45) is 5.92 Å². The van der Waals surface area contributed by atoms with Crippen molar-refractivity contribution in [2.45, 2.75) is 12.8 Å². The molecule has 1 saturated heterocycles. The standard InChI is InChI=1S/C20H22FNO2/c21-18-8-4-5-9-19(18)24-15-14-22-12-10-17(11-13-22)20(23)16-6-2-1-3-7-16/h1-9,17H,10-15H2. The number of rotatable bonds is 6. The molecule has 0 aliphatic carbocycles. The predicted octanol–water partition coefficient (Wildman–Crippen LogP) is 3.80. The van der Waals surface area contributed by atoms with E-state index in [1.807, 2.05) is 30.3 Å². The number of carbonyl (C=O) groups is 1. The van der Waals surface area contributed by atoms with E-state index in [0.29, 0.717) is 12.4 Å². The van der Waals surface area contributed by atoms with Gasteiger partial charge in [-0.1, -0.05) is 42.5 Å². The lowest BCUT2D eigenvalue weighted by Gasteiger charge is -2.31. The van der Waals surface area contributed by atoms with Crippen molar-refractivity contribution >= 4 is 5.78 Å². The van der Waals surface area contributed by atoms with E-state index in [-0.39, 0.29) is 17.5 Å². The first-order valence-corrected chi connectivity index (χ1v) is 8.43. The van der Waals surface area contributed by atoms with Gasteiger partial charge in [0.05, 0.1) is 0 Å². The highest BCUT2D eigenvalue weighted by atomic mass is 19.1. The molecule has 2 aromatic rings. The van der Waals surface area contributed by atoms with Crippen LogP contribution in [0.4, 0.5) is 4.39 Å². The molecule has 2 aromatic carbocycles. The SMILES string of the molecule is O=C(c1ccccc1)C1CCN(CCOc2ccccc2F)CC1. The third-order valence-corrected chi connectivity index (χ3v) is 4.52. The van der Waals surface area contributed by atoms with Gasteiger partial charge in [-0.25, -0.2) is 4.39 Å². The Morgan fingerprint density at radius 3 is 2.42 bits per heavy atom. The summed E-state index contributed by atoms with van der Waals surface area (Å²) < 4.78 is 19.0. The second-order valence-corrected chi connectivity index (χ2v) is 6.13. The van der Waals surface area contributed by atoms with E-state index in [0.717, 1.165) is 38.0 Å². The maximum atomic E-state index is 13.5. The summed E-state index contributed by atoms with van der Waals surface area (Å²) in [4.78, 5) is 14.7. The van der Waals surface area contributed by atoms with Crippen LogP contribution < -0.4 is 4.74 Å². The van der Waals surface area contributed by atoms with Crippen molar-refractivity contribution in [3.63, 3.8) is 0 Å². The van der Waals surface area contributed by atoms with Crippen LogP contribution in [-0.4, -0.2) is 36.9 Å². The van der Waals surface area contributed by atoms with Crippen LogP contribution in [0.3, 0.4) is 0 Å². The first kappa shape index (κ1) is 16.7. The molecule has 0 N–H and O–H groups in total. The Balaban J connectivity index is 1.42. The van der Waals surface area contributed by atoms with Gasteiger partial charge in [0.1, 0.15) is 6.61 Å². The summed E-state index contributed by atoms with van der Waals surface area (Å²) >= 11 is 0. The van der Waals surface area contributed by atoms with E-state index in [2.05, 4.69) is 4.90 Å². The number of likely N-dealkylation sites (tertiary alicyclic amines) is 1. The highest BCUT2D eigenvalue weighted by Crippen LogP contribution is 2.22. The smallest absolute Gasteiger partial charge is 0.166 e. The average molecular weight is 327 g/mol. The monoisotopic (exact) mass is 327 g/mol. The second-order valence-electron chi connectivity index (χ2n) is 6.13. The number of para-hydroxylation sites is 1. The van der Waals surface area contributed by atoms with Crippen LogP contribution in [0, 0.1) is 11.7 Å². The number of benzene rings is 2. The molecule has 126 valence electrons. The molecule has 1 aliphatic heterocycles. The summed E-state index contributed by atoms with van der Waals surface area (Å²) in [5, 5.41) is 0. The van der Waals surface area contributed by atoms with Gasteiger partial charge in [-0.2, -0.15) is 0 Å². The highest BCUT2D eigenvalue weighted by Gasteiger charge is 2.25. The summed E-state index contributed by atoms with van der Waals surface area (Å²) in [6.07, 6.45) is 1.74. The van der Waals surface area contributed by atoms with Gasteiger partial charge in [0.2, 0.25) is 0 Å². The Hall–Kier alpha value is -2.20. The number of piperidine rings is 1. The highest BCUT2D eigenvalue weighted by molar-refractivity contribution is 5.97. The number of ether oxygens (including phenoxy) is 1. The van der Waals surface area contributed by atoms with E-state index in [9.17, 15) is 9.18 Å². The van der Waals surface area contributed by atoms with Gasteiger partial charge < -0.3 is 4.74 Å². The van der Waals surface area contributed by atoms with Gasteiger partial charge in [0.25, 0.3) is 0 Å². The van der Waals surface area contributed by atoms with Crippen LogP contribution in [0.1, 0.15) is 23.2 Å². The van der Waals surface area contributed by atoms with E-state index in [1.165, 1.54) is 6.07 Å². The Labute approximate surface area is 142 Å². The minimum atomic E-state index is -0.329. The number of carbonyl (C=O) groups excluding carboxylic acids is 1. The van der Waals surface area contributed by atoms with Gasteiger partial charge in [0.15, 0.2) is 17.3 Å². The van der Waals surface area contributed by atoms with Crippen molar-refractivity contribution < 1.29 is 13.9 Å². The molecule has 0 spiro atoms. The molecule has 0 bridgehead atoms. The van der Waals surface area contributed by atoms with E-state index in [1.54, 1.807) is 18.2 Å². The lowest BCUT2D eigenvalue weighted by Crippen LogP contribution is -2.38. The van der Waals surface area contributed by atoms with Crippen molar-refractivity contribution in [3.8, 4) is 5.75 Å². The third-order valence-electron chi connectivity index (χ3n) is 4.52. The molecule has 0 amide bonds. The molecule has 0 saturated carbocycles. The first-order valence-electron chi connectivity index (χ1n) is 8.43. The summed E-state index contributed by atoms with van der Waals surface area (Å²) in [7, 11) is 0. The number of halogens is 1. The molecular weight excluding hydrogens is 305 g/mol. The zero-order chi connectivity index (χ0) is 16.8. The van der Waals surface area contributed by atoms with Crippen LogP contribution in [-0.2, 0) is 0 Å². The molecule has 24 heavy (non-hydrogen) atoms. The molecule has 0 unspecified atom stereocenters. The maximum Gasteiger partial charge on any atom is 0.166 e. The van der Waals surface area contributed by atoms with Crippen molar-refractivity contribution in [3.05, 3.63) is 66.0 Å². The molecule has 1 aliphatic rings. The molecular formula is C20H22FNO2. The molecule has 4 heteroatoms. The maximum absolute atomic E-state index is 13.5.